The van der Waals surface area contributed by atoms with Gasteiger partial charge < -0.3 is 5.32 Å². The Balaban J connectivity index is 1.65. The van der Waals surface area contributed by atoms with Crippen molar-refractivity contribution in [3.8, 4) is 0 Å². The molecule has 0 aliphatic rings. The van der Waals surface area contributed by atoms with Gasteiger partial charge in [-0.1, -0.05) is 24.3 Å². The first-order valence-electron chi connectivity index (χ1n) is 6.15. The quantitative estimate of drug-likeness (QED) is 0.697. The SMILES string of the molecule is O=C(NCc1ccc(CCl)cc1)c1cc2sccc2s1. The fraction of sp³-hybridized carbons (Fsp3) is 0.133. The Labute approximate surface area is 130 Å². The Bertz CT molecular complexity index is 701. The minimum atomic E-state index is -0.0141. The highest BCUT2D eigenvalue weighted by Crippen LogP contribution is 2.29. The van der Waals surface area contributed by atoms with E-state index in [1.165, 1.54) is 20.7 Å². The van der Waals surface area contributed by atoms with Gasteiger partial charge >= 0.3 is 0 Å². The zero-order valence-corrected chi connectivity index (χ0v) is 12.9. The van der Waals surface area contributed by atoms with E-state index < -0.39 is 0 Å². The number of hydrogen-bond donors (Lipinski definition) is 1. The van der Waals surface area contributed by atoms with Gasteiger partial charge in [-0.15, -0.1) is 34.3 Å². The van der Waals surface area contributed by atoms with Crippen LogP contribution in [-0.2, 0) is 12.4 Å². The fourth-order valence-corrected chi connectivity index (χ4v) is 4.10. The molecule has 0 atom stereocenters. The van der Waals surface area contributed by atoms with E-state index in [1.54, 1.807) is 11.3 Å². The summed E-state index contributed by atoms with van der Waals surface area (Å²) in [7, 11) is 0. The van der Waals surface area contributed by atoms with Gasteiger partial charge in [-0.3, -0.25) is 4.79 Å². The summed E-state index contributed by atoms with van der Waals surface area (Å²) < 4.78 is 2.35. The number of fused-ring (bicyclic) bond motifs is 1. The number of carbonyl (C=O) groups is 1. The van der Waals surface area contributed by atoms with Gasteiger partial charge in [0.05, 0.1) is 4.88 Å². The molecule has 0 bridgehead atoms. The number of benzene rings is 1. The molecule has 3 aromatic rings. The largest absolute Gasteiger partial charge is 0.347 e. The molecule has 0 unspecified atom stereocenters. The third-order valence-electron chi connectivity index (χ3n) is 2.99. The first-order valence-corrected chi connectivity index (χ1v) is 8.38. The number of thiophene rings is 2. The van der Waals surface area contributed by atoms with Crippen LogP contribution in [0.15, 0.2) is 41.8 Å². The summed E-state index contributed by atoms with van der Waals surface area (Å²) in [6, 6.07) is 11.9. The van der Waals surface area contributed by atoms with Crippen LogP contribution >= 0.6 is 34.3 Å². The predicted octanol–water partition coefficient (Wildman–Crippen LogP) is 4.63. The summed E-state index contributed by atoms with van der Waals surface area (Å²) in [6.45, 7) is 0.535. The lowest BCUT2D eigenvalue weighted by molar-refractivity contribution is 0.0955. The van der Waals surface area contributed by atoms with Gasteiger partial charge in [0, 0.05) is 21.8 Å². The molecule has 1 N–H and O–H groups in total. The van der Waals surface area contributed by atoms with E-state index in [4.69, 9.17) is 11.6 Å². The van der Waals surface area contributed by atoms with Crippen molar-refractivity contribution in [2.24, 2.45) is 0 Å². The number of rotatable bonds is 4. The van der Waals surface area contributed by atoms with Crippen molar-refractivity contribution < 1.29 is 4.79 Å². The number of amides is 1. The number of halogens is 1. The normalized spacial score (nSPS) is 10.8. The van der Waals surface area contributed by atoms with Crippen molar-refractivity contribution in [3.63, 3.8) is 0 Å². The molecular formula is C15H12ClNOS2. The molecule has 0 aliphatic carbocycles. The molecule has 0 aliphatic heterocycles. The Kier molecular flexibility index (Phi) is 4.05. The van der Waals surface area contributed by atoms with E-state index in [2.05, 4.69) is 5.32 Å². The average Bonchev–Trinajstić information content (AvgIpc) is 3.06. The first-order chi connectivity index (χ1) is 9.76. The lowest BCUT2D eigenvalue weighted by Gasteiger charge is -2.04. The molecule has 0 saturated carbocycles. The average molecular weight is 322 g/mol. The van der Waals surface area contributed by atoms with Crippen LogP contribution in [-0.4, -0.2) is 5.91 Å². The zero-order valence-electron chi connectivity index (χ0n) is 10.6. The maximum Gasteiger partial charge on any atom is 0.261 e. The number of alkyl halides is 1. The zero-order chi connectivity index (χ0) is 13.9. The number of carbonyl (C=O) groups excluding carboxylic acids is 1. The topological polar surface area (TPSA) is 29.1 Å². The van der Waals surface area contributed by atoms with E-state index in [1.807, 2.05) is 41.8 Å². The van der Waals surface area contributed by atoms with Crippen molar-refractivity contribution in [2.75, 3.05) is 0 Å². The monoisotopic (exact) mass is 321 g/mol. The molecule has 0 radical (unpaired) electrons. The lowest BCUT2D eigenvalue weighted by Crippen LogP contribution is -2.21. The molecule has 102 valence electrons. The summed E-state index contributed by atoms with van der Waals surface area (Å²) in [5.41, 5.74) is 2.16. The first kappa shape index (κ1) is 13.6. The van der Waals surface area contributed by atoms with E-state index in [-0.39, 0.29) is 5.91 Å². The Hall–Kier alpha value is -1.36. The summed E-state index contributed by atoms with van der Waals surface area (Å²) in [6.07, 6.45) is 0. The van der Waals surface area contributed by atoms with Gasteiger partial charge in [0.25, 0.3) is 5.91 Å². The Morgan fingerprint density at radius 3 is 2.55 bits per heavy atom. The highest BCUT2D eigenvalue weighted by Gasteiger charge is 2.10. The van der Waals surface area contributed by atoms with Gasteiger partial charge in [0.15, 0.2) is 0 Å². The third kappa shape index (κ3) is 2.87. The minimum Gasteiger partial charge on any atom is -0.347 e. The van der Waals surface area contributed by atoms with Crippen molar-refractivity contribution in [1.29, 1.82) is 0 Å². The van der Waals surface area contributed by atoms with Crippen LogP contribution in [0, 0.1) is 0 Å². The van der Waals surface area contributed by atoms with Gasteiger partial charge in [0.1, 0.15) is 0 Å². The second kappa shape index (κ2) is 5.95. The highest BCUT2D eigenvalue weighted by molar-refractivity contribution is 7.27. The highest BCUT2D eigenvalue weighted by atomic mass is 35.5. The molecule has 0 saturated heterocycles. The molecule has 1 aromatic carbocycles. The van der Waals surface area contributed by atoms with Gasteiger partial charge in [-0.25, -0.2) is 0 Å². The third-order valence-corrected chi connectivity index (χ3v) is 5.39. The van der Waals surface area contributed by atoms with Crippen LogP contribution in [0.25, 0.3) is 9.40 Å². The maximum absolute atomic E-state index is 12.1. The van der Waals surface area contributed by atoms with Crippen molar-refractivity contribution in [3.05, 3.63) is 57.8 Å². The van der Waals surface area contributed by atoms with Crippen molar-refractivity contribution in [1.82, 2.24) is 5.32 Å². The Morgan fingerprint density at radius 2 is 1.85 bits per heavy atom. The summed E-state index contributed by atoms with van der Waals surface area (Å²) in [4.78, 5) is 12.9. The van der Waals surface area contributed by atoms with E-state index >= 15 is 0 Å². The predicted molar refractivity (Wildman–Crippen MR) is 86.9 cm³/mol. The second-order valence-corrected chi connectivity index (χ2v) is 6.69. The standard InChI is InChI=1S/C15H12ClNOS2/c16-8-10-1-3-11(4-2-10)9-17-15(18)14-7-13-12(20-14)5-6-19-13/h1-7H,8-9H2,(H,17,18). The minimum absolute atomic E-state index is 0.0141. The van der Waals surface area contributed by atoms with E-state index in [0.29, 0.717) is 12.4 Å². The number of nitrogens with one attached hydrogen (secondary N) is 1. The van der Waals surface area contributed by atoms with Crippen molar-refractivity contribution >= 4 is 49.6 Å². The second-order valence-electron chi connectivity index (χ2n) is 4.39. The molecule has 3 rings (SSSR count). The molecule has 5 heteroatoms. The van der Waals surface area contributed by atoms with Crippen LogP contribution in [0.3, 0.4) is 0 Å². The van der Waals surface area contributed by atoms with Crippen molar-refractivity contribution in [2.45, 2.75) is 12.4 Å². The van der Waals surface area contributed by atoms with Gasteiger partial charge in [0.2, 0.25) is 0 Å². The Morgan fingerprint density at radius 1 is 1.10 bits per heavy atom. The fourth-order valence-electron chi connectivity index (χ4n) is 1.89. The van der Waals surface area contributed by atoms with Crippen LogP contribution < -0.4 is 5.32 Å². The molecule has 0 fully saturated rings. The molecule has 2 aromatic heterocycles. The van der Waals surface area contributed by atoms with Crippen LogP contribution in [0.2, 0.25) is 0 Å². The van der Waals surface area contributed by atoms with Crippen LogP contribution in [0.5, 0.6) is 0 Å². The molecular weight excluding hydrogens is 310 g/mol. The van der Waals surface area contributed by atoms with Crippen LogP contribution in [0.4, 0.5) is 0 Å². The van der Waals surface area contributed by atoms with E-state index in [0.717, 1.165) is 16.0 Å². The summed E-state index contributed by atoms with van der Waals surface area (Å²) in [5.74, 6) is 0.498. The lowest BCUT2D eigenvalue weighted by atomic mass is 10.1. The van der Waals surface area contributed by atoms with Crippen LogP contribution in [0.1, 0.15) is 20.8 Å². The summed E-state index contributed by atoms with van der Waals surface area (Å²) in [5, 5.41) is 4.99. The van der Waals surface area contributed by atoms with Gasteiger partial charge in [-0.05, 0) is 28.6 Å². The smallest absolute Gasteiger partial charge is 0.261 e. The molecule has 2 nitrogen and oxygen atoms in total. The molecule has 2 heterocycles. The maximum atomic E-state index is 12.1. The summed E-state index contributed by atoms with van der Waals surface area (Å²) >= 11 is 8.94. The van der Waals surface area contributed by atoms with E-state index in [9.17, 15) is 4.79 Å². The van der Waals surface area contributed by atoms with Gasteiger partial charge in [-0.2, -0.15) is 0 Å². The molecule has 20 heavy (non-hydrogen) atoms. The molecule has 0 spiro atoms. The molecule has 1 amide bonds. The number of hydrogen-bond acceptors (Lipinski definition) is 3.